The molecule has 0 atom stereocenters. The zero-order valence-electron chi connectivity index (χ0n) is 26.7. The summed E-state index contributed by atoms with van der Waals surface area (Å²) in [6.45, 7) is 4.69. The van der Waals surface area contributed by atoms with Crippen LogP contribution in [0.3, 0.4) is 0 Å². The molecule has 0 aliphatic heterocycles. The fourth-order valence-corrected chi connectivity index (χ4v) is 7.06. The van der Waals surface area contributed by atoms with Gasteiger partial charge < -0.3 is 9.80 Å². The number of anilines is 6. The molecule has 0 aromatic heterocycles. The first-order valence-corrected chi connectivity index (χ1v) is 16.3. The summed E-state index contributed by atoms with van der Waals surface area (Å²) in [6.07, 6.45) is 0. The molecule has 0 saturated heterocycles. The minimum absolute atomic E-state index is 0.0828. The average Bonchev–Trinajstić information content (AvgIpc) is 3.36. The number of rotatable bonds is 7. The molecule has 7 aromatic rings. The lowest BCUT2D eigenvalue weighted by Gasteiger charge is -2.29. The maximum Gasteiger partial charge on any atom is 0.0465 e. The van der Waals surface area contributed by atoms with Crippen molar-refractivity contribution in [1.29, 1.82) is 0 Å². The molecule has 8 rings (SSSR count). The van der Waals surface area contributed by atoms with Crippen molar-refractivity contribution in [3.8, 4) is 22.3 Å². The van der Waals surface area contributed by atoms with Crippen molar-refractivity contribution >= 4 is 34.1 Å². The smallest absolute Gasteiger partial charge is 0.0465 e. The first-order valence-electron chi connectivity index (χ1n) is 16.3. The van der Waals surface area contributed by atoms with E-state index in [-0.39, 0.29) is 5.41 Å². The Kier molecular flexibility index (Phi) is 7.19. The van der Waals surface area contributed by atoms with Crippen molar-refractivity contribution in [1.82, 2.24) is 0 Å². The summed E-state index contributed by atoms with van der Waals surface area (Å²) >= 11 is 0. The van der Waals surface area contributed by atoms with Crippen LogP contribution in [0.4, 0.5) is 34.1 Å². The molecule has 0 bridgehead atoms. The van der Waals surface area contributed by atoms with E-state index in [0.717, 1.165) is 34.1 Å². The quantitative estimate of drug-likeness (QED) is 0.179. The Hall–Kier alpha value is -5.86. The highest BCUT2D eigenvalue weighted by Gasteiger charge is 2.35. The van der Waals surface area contributed by atoms with Crippen molar-refractivity contribution < 1.29 is 0 Å². The van der Waals surface area contributed by atoms with Gasteiger partial charge in [0.25, 0.3) is 0 Å². The third-order valence-electron chi connectivity index (χ3n) is 9.45. The van der Waals surface area contributed by atoms with Crippen molar-refractivity contribution in [2.75, 3.05) is 9.80 Å². The number of hydrogen-bond donors (Lipinski definition) is 0. The molecule has 2 heteroatoms. The van der Waals surface area contributed by atoms with E-state index in [1.807, 2.05) is 0 Å². The summed E-state index contributed by atoms with van der Waals surface area (Å²) in [4.78, 5) is 4.69. The maximum absolute atomic E-state index is 2.40. The number of para-hydroxylation sites is 2. The van der Waals surface area contributed by atoms with Gasteiger partial charge in [-0.25, -0.2) is 0 Å². The molecular weight excluding hydrogens is 569 g/mol. The zero-order valence-corrected chi connectivity index (χ0v) is 26.7. The SMILES string of the molecule is CC1(C)c2ccccc2-c2ccc(N(c3ccc(-c4ccccc4)cc3)c3ccc(N(c4ccccc4)c4ccccc4)cc3)cc21. The van der Waals surface area contributed by atoms with Crippen molar-refractivity contribution in [2.24, 2.45) is 0 Å². The minimum Gasteiger partial charge on any atom is -0.311 e. The lowest BCUT2D eigenvalue weighted by molar-refractivity contribution is 0.660. The molecule has 0 amide bonds. The molecule has 226 valence electrons. The standard InChI is InChI=1S/C45H36N2/c1-45(2)43-21-13-12-20-41(43)42-31-30-40(32-44(42)45)47(37-24-22-34(23-25-37)33-14-6-3-7-15-33)39-28-26-38(27-29-39)46(35-16-8-4-9-17-35)36-18-10-5-11-19-36/h3-32H,1-2H3. The molecule has 0 N–H and O–H groups in total. The van der Waals surface area contributed by atoms with Gasteiger partial charge in [0.05, 0.1) is 0 Å². The minimum atomic E-state index is -0.0828. The highest BCUT2D eigenvalue weighted by atomic mass is 15.2. The molecule has 0 heterocycles. The highest BCUT2D eigenvalue weighted by molar-refractivity contribution is 5.86. The first kappa shape index (κ1) is 28.6. The summed E-state index contributed by atoms with van der Waals surface area (Å²) in [6, 6.07) is 65.4. The third kappa shape index (κ3) is 5.18. The van der Waals surface area contributed by atoms with E-state index in [1.165, 1.54) is 33.4 Å². The number of hydrogen-bond acceptors (Lipinski definition) is 2. The molecule has 0 radical (unpaired) electrons. The zero-order chi connectivity index (χ0) is 31.8. The molecule has 1 aliphatic carbocycles. The second-order valence-electron chi connectivity index (χ2n) is 12.7. The summed E-state index contributed by atoms with van der Waals surface area (Å²) < 4.78 is 0. The van der Waals surface area contributed by atoms with Crippen LogP contribution in [0.25, 0.3) is 22.3 Å². The molecule has 2 nitrogen and oxygen atoms in total. The van der Waals surface area contributed by atoms with E-state index in [9.17, 15) is 0 Å². The summed E-state index contributed by atoms with van der Waals surface area (Å²) in [5.74, 6) is 0. The summed E-state index contributed by atoms with van der Waals surface area (Å²) in [5, 5.41) is 0. The molecule has 7 aromatic carbocycles. The van der Waals surface area contributed by atoms with Gasteiger partial charge in [-0.05, 0) is 106 Å². The second-order valence-corrected chi connectivity index (χ2v) is 12.7. The van der Waals surface area contributed by atoms with Crippen LogP contribution in [-0.2, 0) is 5.41 Å². The van der Waals surface area contributed by atoms with Gasteiger partial charge in [0, 0.05) is 39.5 Å². The Bertz CT molecular complexity index is 2090. The van der Waals surface area contributed by atoms with E-state index in [1.54, 1.807) is 0 Å². The van der Waals surface area contributed by atoms with Crippen LogP contribution in [0.1, 0.15) is 25.0 Å². The predicted molar refractivity (Wildman–Crippen MR) is 199 cm³/mol. The van der Waals surface area contributed by atoms with E-state index < -0.39 is 0 Å². The Morgan fingerprint density at radius 3 is 1.28 bits per heavy atom. The van der Waals surface area contributed by atoms with Gasteiger partial charge in [0.1, 0.15) is 0 Å². The molecule has 0 fully saturated rings. The van der Waals surface area contributed by atoms with Gasteiger partial charge in [-0.15, -0.1) is 0 Å². The topological polar surface area (TPSA) is 6.48 Å². The number of benzene rings is 7. The van der Waals surface area contributed by atoms with E-state index in [0.29, 0.717) is 0 Å². The summed E-state index contributed by atoms with van der Waals surface area (Å²) in [7, 11) is 0. The molecule has 0 spiro atoms. The second kappa shape index (κ2) is 11.8. The molecule has 1 aliphatic rings. The first-order chi connectivity index (χ1) is 23.1. The van der Waals surface area contributed by atoms with Gasteiger partial charge >= 0.3 is 0 Å². The van der Waals surface area contributed by atoms with E-state index >= 15 is 0 Å². The van der Waals surface area contributed by atoms with Crippen LogP contribution in [-0.4, -0.2) is 0 Å². The number of fused-ring (bicyclic) bond motifs is 3. The highest BCUT2D eigenvalue weighted by Crippen LogP contribution is 2.50. The third-order valence-corrected chi connectivity index (χ3v) is 9.45. The fraction of sp³-hybridized carbons (Fsp3) is 0.0667. The Morgan fingerprint density at radius 1 is 0.319 bits per heavy atom. The van der Waals surface area contributed by atoms with Gasteiger partial charge in [-0.1, -0.05) is 123 Å². The Labute approximate surface area is 277 Å². The van der Waals surface area contributed by atoms with Crippen molar-refractivity contribution in [3.05, 3.63) is 193 Å². The van der Waals surface area contributed by atoms with E-state index in [2.05, 4.69) is 206 Å². The largest absolute Gasteiger partial charge is 0.311 e. The van der Waals surface area contributed by atoms with Crippen LogP contribution in [0.2, 0.25) is 0 Å². The monoisotopic (exact) mass is 604 g/mol. The fourth-order valence-electron chi connectivity index (χ4n) is 7.06. The molecule has 47 heavy (non-hydrogen) atoms. The van der Waals surface area contributed by atoms with Crippen molar-refractivity contribution in [2.45, 2.75) is 19.3 Å². The van der Waals surface area contributed by atoms with Crippen LogP contribution in [0, 0.1) is 0 Å². The van der Waals surface area contributed by atoms with Crippen LogP contribution < -0.4 is 9.80 Å². The average molecular weight is 605 g/mol. The lowest BCUT2D eigenvalue weighted by atomic mass is 9.82. The van der Waals surface area contributed by atoms with Crippen LogP contribution >= 0.6 is 0 Å². The summed E-state index contributed by atoms with van der Waals surface area (Å²) in [5.41, 5.74) is 14.5. The van der Waals surface area contributed by atoms with Gasteiger partial charge in [0.2, 0.25) is 0 Å². The molecule has 0 unspecified atom stereocenters. The van der Waals surface area contributed by atoms with Gasteiger partial charge in [0.15, 0.2) is 0 Å². The molecule has 0 saturated carbocycles. The Morgan fingerprint density at radius 2 is 0.702 bits per heavy atom. The maximum atomic E-state index is 2.40. The predicted octanol–water partition coefficient (Wildman–Crippen LogP) is 12.6. The van der Waals surface area contributed by atoms with Crippen molar-refractivity contribution in [3.63, 3.8) is 0 Å². The van der Waals surface area contributed by atoms with E-state index in [4.69, 9.17) is 0 Å². The molecular formula is C45H36N2. The normalized spacial score (nSPS) is 12.6. The van der Waals surface area contributed by atoms with Crippen LogP contribution in [0.15, 0.2) is 182 Å². The Balaban J connectivity index is 1.23. The van der Waals surface area contributed by atoms with Crippen LogP contribution in [0.5, 0.6) is 0 Å². The lowest BCUT2D eigenvalue weighted by Crippen LogP contribution is -2.16. The van der Waals surface area contributed by atoms with Gasteiger partial charge in [-0.2, -0.15) is 0 Å². The van der Waals surface area contributed by atoms with Gasteiger partial charge in [-0.3, -0.25) is 0 Å². The number of nitrogens with zero attached hydrogens (tertiary/aromatic N) is 2.